The molecular weight excluding hydrogens is 426 g/mol. The van der Waals surface area contributed by atoms with E-state index in [-0.39, 0.29) is 29.3 Å². The quantitative estimate of drug-likeness (QED) is 0.619. The fourth-order valence-corrected chi connectivity index (χ4v) is 5.65. The van der Waals surface area contributed by atoms with Crippen molar-refractivity contribution in [2.24, 2.45) is 0 Å². The maximum Gasteiger partial charge on any atom is 0.251 e. The third-order valence-corrected chi connectivity index (χ3v) is 7.79. The van der Waals surface area contributed by atoms with Crippen LogP contribution in [-0.4, -0.2) is 36.3 Å². The molecule has 8 heteroatoms. The zero-order valence-corrected chi connectivity index (χ0v) is 18.9. The van der Waals surface area contributed by atoms with Gasteiger partial charge < -0.3 is 9.88 Å². The summed E-state index contributed by atoms with van der Waals surface area (Å²) in [7, 11) is -3.50. The van der Waals surface area contributed by atoms with Gasteiger partial charge in [-0.05, 0) is 55.7 Å². The van der Waals surface area contributed by atoms with Gasteiger partial charge in [-0.25, -0.2) is 8.42 Å². The fraction of sp³-hybridized carbons (Fsp3) is 0.333. The Morgan fingerprint density at radius 1 is 1.00 bits per heavy atom. The number of pyridine rings is 1. The van der Waals surface area contributed by atoms with Crippen molar-refractivity contribution < 1.29 is 13.2 Å². The molecule has 0 unspecified atom stereocenters. The zero-order chi connectivity index (χ0) is 22.7. The van der Waals surface area contributed by atoms with Gasteiger partial charge >= 0.3 is 0 Å². The summed E-state index contributed by atoms with van der Waals surface area (Å²) < 4.78 is 28.6. The smallest absolute Gasteiger partial charge is 0.251 e. The monoisotopic (exact) mass is 453 g/mol. The first-order chi connectivity index (χ1) is 15.4. The Kier molecular flexibility index (Phi) is 6.43. The van der Waals surface area contributed by atoms with Gasteiger partial charge in [0.2, 0.25) is 15.9 Å². The second-order valence-electron chi connectivity index (χ2n) is 8.12. The second kappa shape index (κ2) is 9.26. The van der Waals surface area contributed by atoms with Crippen molar-refractivity contribution in [1.82, 2.24) is 8.87 Å². The molecule has 1 aromatic heterocycles. The van der Waals surface area contributed by atoms with Crippen molar-refractivity contribution in [2.45, 2.75) is 44.0 Å². The van der Waals surface area contributed by atoms with Crippen LogP contribution in [0.25, 0.3) is 10.9 Å². The molecule has 1 fully saturated rings. The van der Waals surface area contributed by atoms with Crippen LogP contribution >= 0.6 is 0 Å². The van der Waals surface area contributed by atoms with Crippen molar-refractivity contribution in [3.05, 3.63) is 70.5 Å². The molecule has 4 rings (SSSR count). The highest BCUT2D eigenvalue weighted by atomic mass is 32.2. The molecule has 1 N–H and O–H groups in total. The number of carbonyl (C=O) groups is 1. The van der Waals surface area contributed by atoms with Crippen LogP contribution < -0.4 is 10.9 Å². The predicted octanol–water partition coefficient (Wildman–Crippen LogP) is 3.51. The number of hydrogen-bond donors (Lipinski definition) is 1. The number of benzene rings is 2. The standard InChI is InChI=1S/C24H27N3O4S/c1-18-17-24(29)27(22-8-4-3-7-21(18)22)16-13-23(28)25-19-9-11-20(12-10-19)32(30,31)26-14-5-2-6-15-26/h3-4,7-12,17H,2,5-6,13-16H2,1H3,(H,25,28). The first kappa shape index (κ1) is 22.2. The molecule has 2 heterocycles. The molecule has 32 heavy (non-hydrogen) atoms. The van der Waals surface area contributed by atoms with Crippen molar-refractivity contribution >= 4 is 32.5 Å². The molecule has 2 aromatic carbocycles. The highest BCUT2D eigenvalue weighted by Crippen LogP contribution is 2.22. The van der Waals surface area contributed by atoms with E-state index in [0.29, 0.717) is 18.8 Å². The summed E-state index contributed by atoms with van der Waals surface area (Å²) in [6.07, 6.45) is 2.95. The Labute approximate surface area is 187 Å². The Bertz CT molecular complexity index is 1290. The van der Waals surface area contributed by atoms with E-state index in [1.54, 1.807) is 22.8 Å². The maximum atomic E-state index is 12.7. The van der Waals surface area contributed by atoms with Crippen LogP contribution in [0.15, 0.2) is 64.3 Å². The Balaban J connectivity index is 1.42. The van der Waals surface area contributed by atoms with Crippen LogP contribution in [0.5, 0.6) is 0 Å². The molecular formula is C24H27N3O4S. The van der Waals surface area contributed by atoms with Gasteiger partial charge in [-0.2, -0.15) is 4.31 Å². The van der Waals surface area contributed by atoms with Crippen molar-refractivity contribution in [3.8, 4) is 0 Å². The minimum atomic E-state index is -3.50. The SMILES string of the molecule is Cc1cc(=O)n(CCC(=O)Nc2ccc(S(=O)(=O)N3CCCCC3)cc2)c2ccccc12. The molecule has 1 amide bonds. The molecule has 1 saturated heterocycles. The Hall–Kier alpha value is -2.97. The van der Waals surface area contributed by atoms with Crippen LogP contribution in [0.3, 0.4) is 0 Å². The lowest BCUT2D eigenvalue weighted by Crippen LogP contribution is -2.35. The Morgan fingerprint density at radius 3 is 2.41 bits per heavy atom. The molecule has 3 aromatic rings. The molecule has 0 spiro atoms. The predicted molar refractivity (Wildman–Crippen MR) is 125 cm³/mol. The van der Waals surface area contributed by atoms with Crippen LogP contribution in [0.2, 0.25) is 0 Å². The normalized spacial score (nSPS) is 15.0. The van der Waals surface area contributed by atoms with E-state index >= 15 is 0 Å². The van der Waals surface area contributed by atoms with Crippen LogP contribution in [-0.2, 0) is 21.4 Å². The third-order valence-electron chi connectivity index (χ3n) is 5.88. The minimum absolute atomic E-state index is 0.126. The lowest BCUT2D eigenvalue weighted by atomic mass is 10.1. The largest absolute Gasteiger partial charge is 0.326 e. The molecule has 7 nitrogen and oxygen atoms in total. The van der Waals surface area contributed by atoms with E-state index in [1.165, 1.54) is 16.4 Å². The number of piperidine rings is 1. The second-order valence-corrected chi connectivity index (χ2v) is 10.1. The van der Waals surface area contributed by atoms with E-state index in [4.69, 9.17) is 0 Å². The van der Waals surface area contributed by atoms with Gasteiger partial charge in [-0.15, -0.1) is 0 Å². The van der Waals surface area contributed by atoms with Crippen molar-refractivity contribution in [1.29, 1.82) is 0 Å². The molecule has 0 atom stereocenters. The number of aryl methyl sites for hydroxylation is 2. The summed E-state index contributed by atoms with van der Waals surface area (Å²) in [4.78, 5) is 25.2. The lowest BCUT2D eigenvalue weighted by molar-refractivity contribution is -0.116. The van der Waals surface area contributed by atoms with Gasteiger partial charge in [0.15, 0.2) is 0 Å². The molecule has 0 radical (unpaired) electrons. The third kappa shape index (κ3) is 4.61. The first-order valence-corrected chi connectivity index (χ1v) is 12.3. The molecule has 168 valence electrons. The van der Waals surface area contributed by atoms with Crippen LogP contribution in [0, 0.1) is 6.92 Å². The Morgan fingerprint density at radius 2 is 1.69 bits per heavy atom. The fourth-order valence-electron chi connectivity index (χ4n) is 4.13. The number of rotatable bonds is 6. The van der Waals surface area contributed by atoms with Gasteiger partial charge in [0, 0.05) is 43.2 Å². The van der Waals surface area contributed by atoms with E-state index < -0.39 is 10.0 Å². The number of nitrogens with zero attached hydrogens (tertiary/aromatic N) is 2. The van der Waals surface area contributed by atoms with Gasteiger partial charge in [0.25, 0.3) is 5.56 Å². The average molecular weight is 454 g/mol. The topological polar surface area (TPSA) is 88.5 Å². The number of sulfonamides is 1. The summed E-state index contributed by atoms with van der Waals surface area (Å²) in [6.45, 7) is 3.25. The molecule has 1 aliphatic rings. The van der Waals surface area contributed by atoms with Crippen molar-refractivity contribution in [2.75, 3.05) is 18.4 Å². The lowest BCUT2D eigenvalue weighted by Gasteiger charge is -2.25. The molecule has 0 bridgehead atoms. The number of aromatic nitrogens is 1. The minimum Gasteiger partial charge on any atom is -0.326 e. The van der Waals surface area contributed by atoms with E-state index in [9.17, 15) is 18.0 Å². The number of para-hydroxylation sites is 1. The molecule has 0 aliphatic carbocycles. The number of fused-ring (bicyclic) bond motifs is 1. The van der Waals surface area contributed by atoms with Crippen LogP contribution in [0.4, 0.5) is 5.69 Å². The van der Waals surface area contributed by atoms with Crippen LogP contribution in [0.1, 0.15) is 31.2 Å². The van der Waals surface area contributed by atoms with E-state index in [0.717, 1.165) is 35.7 Å². The number of amides is 1. The molecule has 0 saturated carbocycles. The number of carbonyl (C=O) groups excluding carboxylic acids is 1. The van der Waals surface area contributed by atoms with Gasteiger partial charge in [0.1, 0.15) is 0 Å². The van der Waals surface area contributed by atoms with Gasteiger partial charge in [0.05, 0.1) is 10.4 Å². The number of nitrogens with one attached hydrogen (secondary N) is 1. The average Bonchev–Trinajstić information content (AvgIpc) is 2.80. The summed E-state index contributed by atoms with van der Waals surface area (Å²) >= 11 is 0. The van der Waals surface area contributed by atoms with Crippen molar-refractivity contribution in [3.63, 3.8) is 0 Å². The van der Waals surface area contributed by atoms with Gasteiger partial charge in [-0.3, -0.25) is 9.59 Å². The highest BCUT2D eigenvalue weighted by molar-refractivity contribution is 7.89. The van der Waals surface area contributed by atoms with Gasteiger partial charge in [-0.1, -0.05) is 24.6 Å². The maximum absolute atomic E-state index is 12.7. The van der Waals surface area contributed by atoms with E-state index in [1.807, 2.05) is 31.2 Å². The summed E-state index contributed by atoms with van der Waals surface area (Å²) in [5.74, 6) is -0.242. The molecule has 1 aliphatic heterocycles. The number of anilines is 1. The zero-order valence-electron chi connectivity index (χ0n) is 18.1. The summed E-state index contributed by atoms with van der Waals surface area (Å²) in [6, 6.07) is 15.5. The number of hydrogen-bond acceptors (Lipinski definition) is 4. The van der Waals surface area contributed by atoms with E-state index in [2.05, 4.69) is 5.32 Å². The summed E-state index contributed by atoms with van der Waals surface area (Å²) in [5.41, 5.74) is 2.10. The summed E-state index contributed by atoms with van der Waals surface area (Å²) in [5, 5.41) is 3.77. The first-order valence-electron chi connectivity index (χ1n) is 10.9. The highest BCUT2D eigenvalue weighted by Gasteiger charge is 2.25.